The molecular weight excluding hydrogens is 300 g/mol. The fourth-order valence-electron chi connectivity index (χ4n) is 2.25. The summed E-state index contributed by atoms with van der Waals surface area (Å²) in [5, 5.41) is 6.09. The van der Waals surface area contributed by atoms with Gasteiger partial charge in [-0.25, -0.2) is 4.98 Å². The summed E-state index contributed by atoms with van der Waals surface area (Å²) >= 11 is 0. The average Bonchev–Trinajstić information content (AvgIpc) is 2.60. The molecule has 1 aromatic carbocycles. The largest absolute Gasteiger partial charge is 0.354 e. The van der Waals surface area contributed by atoms with Gasteiger partial charge in [-0.3, -0.25) is 9.78 Å². The summed E-state index contributed by atoms with van der Waals surface area (Å²) in [6, 6.07) is 13.3. The van der Waals surface area contributed by atoms with Crippen LogP contribution >= 0.6 is 0 Å². The highest BCUT2D eigenvalue weighted by Gasteiger charge is 2.06. The maximum Gasteiger partial charge on any atom is 0.258 e. The Morgan fingerprint density at radius 2 is 1.92 bits per heavy atom. The van der Waals surface area contributed by atoms with E-state index in [2.05, 4.69) is 52.6 Å². The van der Waals surface area contributed by atoms with Crippen molar-refractivity contribution in [1.82, 2.24) is 9.97 Å². The molecule has 0 spiro atoms. The monoisotopic (exact) mass is 318 g/mol. The zero-order valence-electron chi connectivity index (χ0n) is 13.6. The molecule has 0 aliphatic rings. The first-order chi connectivity index (χ1) is 11.6. The Morgan fingerprint density at radius 1 is 1.04 bits per heavy atom. The predicted octanol–water partition coefficient (Wildman–Crippen LogP) is 4.09. The van der Waals surface area contributed by atoms with Crippen LogP contribution < -0.4 is 10.6 Å². The van der Waals surface area contributed by atoms with Gasteiger partial charge in [0.2, 0.25) is 0 Å². The number of amides is 1. The molecule has 5 nitrogen and oxygen atoms in total. The Balaban J connectivity index is 1.69. The number of pyridine rings is 2. The number of hydrogen-bond acceptors (Lipinski definition) is 4. The normalized spacial score (nSPS) is 10.2. The van der Waals surface area contributed by atoms with Crippen LogP contribution in [0.1, 0.15) is 21.5 Å². The van der Waals surface area contributed by atoms with E-state index in [1.54, 1.807) is 30.6 Å². The van der Waals surface area contributed by atoms with E-state index in [0.29, 0.717) is 11.4 Å². The Morgan fingerprint density at radius 3 is 2.62 bits per heavy atom. The third-order valence-corrected chi connectivity index (χ3v) is 3.60. The van der Waals surface area contributed by atoms with E-state index in [1.807, 2.05) is 6.07 Å². The van der Waals surface area contributed by atoms with E-state index in [0.717, 1.165) is 16.9 Å². The molecule has 0 atom stereocenters. The highest BCUT2D eigenvalue weighted by Crippen LogP contribution is 2.22. The number of benzene rings is 1. The summed E-state index contributed by atoms with van der Waals surface area (Å²) in [6.45, 7) is 4.11. The van der Waals surface area contributed by atoms with Crippen LogP contribution in [0.25, 0.3) is 0 Å². The van der Waals surface area contributed by atoms with Crippen molar-refractivity contribution in [1.29, 1.82) is 0 Å². The number of hydrogen-bond donors (Lipinski definition) is 2. The highest BCUT2D eigenvalue weighted by molar-refractivity contribution is 6.03. The van der Waals surface area contributed by atoms with Crippen LogP contribution in [0.15, 0.2) is 61.1 Å². The van der Waals surface area contributed by atoms with E-state index in [-0.39, 0.29) is 5.91 Å². The first kappa shape index (κ1) is 15.7. The molecule has 0 bridgehead atoms. The lowest BCUT2D eigenvalue weighted by Crippen LogP contribution is -2.13. The van der Waals surface area contributed by atoms with Gasteiger partial charge < -0.3 is 10.6 Å². The maximum absolute atomic E-state index is 12.1. The lowest BCUT2D eigenvalue weighted by Gasteiger charge is -2.11. The van der Waals surface area contributed by atoms with Crippen LogP contribution in [0.5, 0.6) is 0 Å². The Kier molecular flexibility index (Phi) is 4.52. The van der Waals surface area contributed by atoms with E-state index in [9.17, 15) is 4.79 Å². The quantitative estimate of drug-likeness (QED) is 0.760. The van der Waals surface area contributed by atoms with Crippen LogP contribution in [0, 0.1) is 13.8 Å². The first-order valence-electron chi connectivity index (χ1n) is 7.63. The third kappa shape index (κ3) is 3.76. The van der Waals surface area contributed by atoms with Gasteiger partial charge in [-0.15, -0.1) is 0 Å². The molecule has 3 rings (SSSR count). The molecule has 2 heterocycles. The lowest BCUT2D eigenvalue weighted by molar-refractivity contribution is 0.102. The van der Waals surface area contributed by atoms with Crippen LogP contribution in [-0.4, -0.2) is 15.9 Å². The van der Waals surface area contributed by atoms with Crippen LogP contribution in [0.3, 0.4) is 0 Å². The molecule has 0 fully saturated rings. The summed E-state index contributed by atoms with van der Waals surface area (Å²) < 4.78 is 0. The zero-order valence-corrected chi connectivity index (χ0v) is 13.6. The molecule has 1 amide bonds. The Hall–Kier alpha value is -3.21. The van der Waals surface area contributed by atoms with Crippen molar-refractivity contribution in [2.24, 2.45) is 0 Å². The molecule has 0 saturated carbocycles. The molecule has 5 heteroatoms. The third-order valence-electron chi connectivity index (χ3n) is 3.60. The summed E-state index contributed by atoms with van der Waals surface area (Å²) in [5.74, 6) is 0.265. The number of carbonyl (C=O) groups excluding carboxylic acids is 1. The number of carbonyl (C=O) groups is 1. The molecule has 0 aliphatic carbocycles. The van der Waals surface area contributed by atoms with E-state index in [4.69, 9.17) is 0 Å². The first-order valence-corrected chi connectivity index (χ1v) is 7.63. The van der Waals surface area contributed by atoms with Crippen molar-refractivity contribution >= 4 is 23.1 Å². The second-order valence-corrected chi connectivity index (χ2v) is 5.57. The van der Waals surface area contributed by atoms with Gasteiger partial charge in [-0.1, -0.05) is 12.1 Å². The molecule has 3 aromatic rings. The molecule has 120 valence electrons. The molecule has 0 saturated heterocycles. The molecule has 24 heavy (non-hydrogen) atoms. The Labute approximate surface area is 140 Å². The van der Waals surface area contributed by atoms with Gasteiger partial charge >= 0.3 is 0 Å². The predicted molar refractivity (Wildman–Crippen MR) is 95.6 cm³/mol. The van der Waals surface area contributed by atoms with E-state index in [1.165, 1.54) is 11.8 Å². The summed E-state index contributed by atoms with van der Waals surface area (Å²) in [6.07, 6.45) is 4.84. The van der Waals surface area contributed by atoms with Crippen molar-refractivity contribution in [3.05, 3.63) is 77.7 Å². The average molecular weight is 318 g/mol. The fraction of sp³-hybridized carbons (Fsp3) is 0.105. The molecule has 2 N–H and O–H groups in total. The zero-order chi connectivity index (χ0) is 16.9. The van der Waals surface area contributed by atoms with Gasteiger partial charge in [0.25, 0.3) is 5.91 Å². The lowest BCUT2D eigenvalue weighted by atomic mass is 10.1. The second-order valence-electron chi connectivity index (χ2n) is 5.57. The summed E-state index contributed by atoms with van der Waals surface area (Å²) in [5.41, 5.74) is 4.76. The van der Waals surface area contributed by atoms with Gasteiger partial charge in [0.1, 0.15) is 5.82 Å². The minimum absolute atomic E-state index is 0.231. The van der Waals surface area contributed by atoms with Gasteiger partial charge in [0.05, 0.1) is 17.4 Å². The van der Waals surface area contributed by atoms with Crippen LogP contribution in [0.2, 0.25) is 0 Å². The second kappa shape index (κ2) is 6.91. The van der Waals surface area contributed by atoms with Crippen molar-refractivity contribution in [2.75, 3.05) is 10.6 Å². The molecule has 0 aliphatic heterocycles. The summed E-state index contributed by atoms with van der Waals surface area (Å²) in [7, 11) is 0. The smallest absolute Gasteiger partial charge is 0.258 e. The molecule has 2 aromatic heterocycles. The van der Waals surface area contributed by atoms with Gasteiger partial charge in [0.15, 0.2) is 0 Å². The fourth-order valence-corrected chi connectivity index (χ4v) is 2.25. The van der Waals surface area contributed by atoms with Gasteiger partial charge in [-0.2, -0.15) is 0 Å². The topological polar surface area (TPSA) is 66.9 Å². The minimum atomic E-state index is -0.231. The minimum Gasteiger partial charge on any atom is -0.354 e. The number of aromatic nitrogens is 2. The Bertz CT molecular complexity index is 845. The molecule has 0 unspecified atom stereocenters. The van der Waals surface area contributed by atoms with E-state index < -0.39 is 0 Å². The number of aryl methyl sites for hydroxylation is 2. The van der Waals surface area contributed by atoms with Crippen molar-refractivity contribution in [3.63, 3.8) is 0 Å². The number of nitrogens with zero attached hydrogens (tertiary/aromatic N) is 2. The standard InChI is InChI=1S/C19H18N4O/c1-13-5-6-14(2)17(10-13)22-16-7-8-18(21-12-16)23-19(24)15-4-3-9-20-11-15/h3-12,22H,1-2H3,(H,21,23,24). The van der Waals surface area contributed by atoms with Crippen molar-refractivity contribution < 1.29 is 4.79 Å². The number of nitrogens with one attached hydrogen (secondary N) is 2. The van der Waals surface area contributed by atoms with Gasteiger partial charge in [0, 0.05) is 18.1 Å². The molecular formula is C19H18N4O. The maximum atomic E-state index is 12.1. The molecule has 0 radical (unpaired) electrons. The van der Waals surface area contributed by atoms with Crippen LogP contribution in [0.4, 0.5) is 17.2 Å². The van der Waals surface area contributed by atoms with Crippen molar-refractivity contribution in [2.45, 2.75) is 13.8 Å². The number of rotatable bonds is 4. The SMILES string of the molecule is Cc1ccc(C)c(Nc2ccc(NC(=O)c3cccnc3)nc2)c1. The van der Waals surface area contributed by atoms with Gasteiger partial charge in [-0.05, 0) is 55.3 Å². The summed E-state index contributed by atoms with van der Waals surface area (Å²) in [4.78, 5) is 20.3. The highest BCUT2D eigenvalue weighted by atomic mass is 16.1. The van der Waals surface area contributed by atoms with E-state index >= 15 is 0 Å². The van der Waals surface area contributed by atoms with Crippen LogP contribution in [-0.2, 0) is 0 Å². The number of anilines is 3. The van der Waals surface area contributed by atoms with Crippen molar-refractivity contribution in [3.8, 4) is 0 Å².